The van der Waals surface area contributed by atoms with Gasteiger partial charge in [-0.15, -0.1) is 0 Å². The molecule has 1 aliphatic heterocycles. The maximum atomic E-state index is 13.3. The maximum Gasteiger partial charge on any atom is 0.323 e. The van der Waals surface area contributed by atoms with Crippen molar-refractivity contribution in [1.29, 1.82) is 0 Å². The average Bonchev–Trinajstić information content (AvgIpc) is 2.81. The van der Waals surface area contributed by atoms with E-state index in [1.165, 1.54) is 0 Å². The zero-order chi connectivity index (χ0) is 24.8. The van der Waals surface area contributed by atoms with Gasteiger partial charge in [-0.2, -0.15) is 0 Å². The highest BCUT2D eigenvalue weighted by molar-refractivity contribution is 6.42. The smallest absolute Gasteiger partial charge is 0.323 e. The van der Waals surface area contributed by atoms with E-state index in [0.29, 0.717) is 45.9 Å². The van der Waals surface area contributed by atoms with Crippen LogP contribution in [0.2, 0.25) is 10.0 Å². The fourth-order valence-electron chi connectivity index (χ4n) is 3.61. The summed E-state index contributed by atoms with van der Waals surface area (Å²) in [4.78, 5) is 27.4. The molecule has 2 aromatic rings. The molecular formula is C24H30Cl2N4O4. The molecule has 1 heterocycles. The summed E-state index contributed by atoms with van der Waals surface area (Å²) in [7, 11) is 3.38. The number of anilines is 2. The Morgan fingerprint density at radius 3 is 2.47 bits per heavy atom. The van der Waals surface area contributed by atoms with Crippen LogP contribution in [0.15, 0.2) is 36.4 Å². The van der Waals surface area contributed by atoms with Crippen LogP contribution in [0.5, 0.6) is 5.75 Å². The second kappa shape index (κ2) is 11.8. The number of methoxy groups -OCH3 is 1. The van der Waals surface area contributed by atoms with Crippen LogP contribution in [-0.4, -0.2) is 62.8 Å². The second-order valence-electron chi connectivity index (χ2n) is 8.48. The van der Waals surface area contributed by atoms with Crippen molar-refractivity contribution < 1.29 is 19.1 Å². The minimum Gasteiger partial charge on any atom is -0.491 e. The average molecular weight is 509 g/mol. The van der Waals surface area contributed by atoms with Gasteiger partial charge in [0.1, 0.15) is 12.4 Å². The Bertz CT molecular complexity index is 1040. The van der Waals surface area contributed by atoms with Gasteiger partial charge in [0.05, 0.1) is 21.7 Å². The lowest BCUT2D eigenvalue weighted by Gasteiger charge is -2.30. The molecule has 0 aromatic heterocycles. The lowest BCUT2D eigenvalue weighted by molar-refractivity contribution is 0.0281. The Hall–Kier alpha value is -2.52. The predicted molar refractivity (Wildman–Crippen MR) is 135 cm³/mol. The molecule has 1 aliphatic rings. The molecule has 0 fully saturated rings. The molecule has 8 nitrogen and oxygen atoms in total. The van der Waals surface area contributed by atoms with E-state index in [4.69, 9.17) is 32.7 Å². The summed E-state index contributed by atoms with van der Waals surface area (Å²) in [6, 6.07) is 9.36. The van der Waals surface area contributed by atoms with E-state index in [9.17, 15) is 9.59 Å². The second-order valence-corrected chi connectivity index (χ2v) is 9.29. The molecule has 0 spiro atoms. The Morgan fingerprint density at radius 2 is 1.79 bits per heavy atom. The molecule has 3 atom stereocenters. The lowest BCUT2D eigenvalue weighted by Crippen LogP contribution is -2.44. The topological polar surface area (TPSA) is 91.9 Å². The Balaban J connectivity index is 1.82. The van der Waals surface area contributed by atoms with Gasteiger partial charge >= 0.3 is 6.03 Å². The van der Waals surface area contributed by atoms with E-state index < -0.39 is 6.03 Å². The third-order valence-corrected chi connectivity index (χ3v) is 6.40. The van der Waals surface area contributed by atoms with Crippen molar-refractivity contribution >= 4 is 46.5 Å². The SMILES string of the molecule is CO[C@H]1CN(C)C(=O)c2cc(NC(=O)Nc3ccc(Cl)c(Cl)c3)ccc2OC[C@@H](C)NC[C@H]1C. The number of carbonyl (C=O) groups is 2. The van der Waals surface area contributed by atoms with Crippen LogP contribution in [-0.2, 0) is 4.74 Å². The molecule has 0 bridgehead atoms. The molecule has 0 unspecified atom stereocenters. The maximum absolute atomic E-state index is 13.3. The van der Waals surface area contributed by atoms with Crippen molar-refractivity contribution in [1.82, 2.24) is 10.2 Å². The molecule has 0 saturated carbocycles. The molecular weight excluding hydrogens is 479 g/mol. The van der Waals surface area contributed by atoms with Gasteiger partial charge in [0.2, 0.25) is 0 Å². The van der Waals surface area contributed by atoms with E-state index in [1.54, 1.807) is 55.5 Å². The van der Waals surface area contributed by atoms with E-state index in [0.717, 1.165) is 6.54 Å². The van der Waals surface area contributed by atoms with Crippen LogP contribution >= 0.6 is 23.2 Å². The monoisotopic (exact) mass is 508 g/mol. The lowest BCUT2D eigenvalue weighted by atomic mass is 10.0. The Kier molecular flexibility index (Phi) is 9.02. The summed E-state index contributed by atoms with van der Waals surface area (Å²) in [6.07, 6.45) is -0.129. The molecule has 0 saturated heterocycles. The number of urea groups is 1. The molecule has 10 heteroatoms. The molecule has 3 rings (SSSR count). The van der Waals surface area contributed by atoms with Gasteiger partial charge < -0.3 is 30.3 Å². The first kappa shape index (κ1) is 26.1. The Labute approximate surface area is 209 Å². The number of nitrogens with zero attached hydrogens (tertiary/aromatic N) is 1. The number of hydrogen-bond acceptors (Lipinski definition) is 5. The summed E-state index contributed by atoms with van der Waals surface area (Å²) < 4.78 is 11.6. The molecule has 184 valence electrons. The normalized spacial score (nSPS) is 21.5. The molecule has 0 radical (unpaired) electrons. The third-order valence-electron chi connectivity index (χ3n) is 5.66. The summed E-state index contributed by atoms with van der Waals surface area (Å²) in [5.41, 5.74) is 1.28. The zero-order valence-electron chi connectivity index (χ0n) is 19.7. The summed E-state index contributed by atoms with van der Waals surface area (Å²) >= 11 is 11.9. The first-order valence-electron chi connectivity index (χ1n) is 11.0. The minimum atomic E-state index is -0.487. The summed E-state index contributed by atoms with van der Waals surface area (Å²) in [5.74, 6) is 0.419. The van der Waals surface area contributed by atoms with Gasteiger partial charge in [-0.25, -0.2) is 4.79 Å². The van der Waals surface area contributed by atoms with Crippen molar-refractivity contribution in [2.45, 2.75) is 26.0 Å². The summed E-state index contributed by atoms with van der Waals surface area (Å²) in [5, 5.41) is 9.61. The first-order valence-corrected chi connectivity index (χ1v) is 11.7. The third kappa shape index (κ3) is 6.76. The van der Waals surface area contributed by atoms with E-state index in [-0.39, 0.29) is 24.0 Å². The molecule has 3 amide bonds. The van der Waals surface area contributed by atoms with Gasteiger partial charge in [-0.1, -0.05) is 30.1 Å². The zero-order valence-corrected chi connectivity index (χ0v) is 21.2. The van der Waals surface area contributed by atoms with Gasteiger partial charge in [0, 0.05) is 44.7 Å². The molecule has 0 aliphatic carbocycles. The fraction of sp³-hybridized carbons (Fsp3) is 0.417. The van der Waals surface area contributed by atoms with Crippen LogP contribution in [0.3, 0.4) is 0 Å². The largest absolute Gasteiger partial charge is 0.491 e. The highest BCUT2D eigenvalue weighted by atomic mass is 35.5. The predicted octanol–water partition coefficient (Wildman–Crippen LogP) is 4.73. The number of benzene rings is 2. The van der Waals surface area contributed by atoms with Crippen molar-refractivity contribution in [3.8, 4) is 5.75 Å². The van der Waals surface area contributed by atoms with Crippen molar-refractivity contribution in [3.63, 3.8) is 0 Å². The van der Waals surface area contributed by atoms with Crippen LogP contribution in [0.25, 0.3) is 0 Å². The minimum absolute atomic E-state index is 0.0786. The number of ether oxygens (including phenoxy) is 2. The van der Waals surface area contributed by atoms with Gasteiger partial charge in [-0.05, 0) is 49.2 Å². The number of nitrogens with one attached hydrogen (secondary N) is 3. The van der Waals surface area contributed by atoms with Crippen LogP contribution in [0.1, 0.15) is 24.2 Å². The summed E-state index contributed by atoms with van der Waals surface area (Å²) in [6.45, 7) is 5.66. The van der Waals surface area contributed by atoms with Crippen LogP contribution in [0.4, 0.5) is 16.2 Å². The number of likely N-dealkylation sites (N-methyl/N-ethyl adjacent to an activating group) is 1. The highest BCUT2D eigenvalue weighted by Crippen LogP contribution is 2.27. The van der Waals surface area contributed by atoms with Crippen molar-refractivity contribution in [3.05, 3.63) is 52.0 Å². The quantitative estimate of drug-likeness (QED) is 0.557. The number of carbonyl (C=O) groups excluding carboxylic acids is 2. The number of amides is 3. The van der Waals surface area contributed by atoms with E-state index in [2.05, 4.69) is 22.9 Å². The number of hydrogen-bond donors (Lipinski definition) is 3. The van der Waals surface area contributed by atoms with Crippen molar-refractivity contribution in [2.24, 2.45) is 5.92 Å². The Morgan fingerprint density at radius 1 is 1.12 bits per heavy atom. The number of fused-ring (bicyclic) bond motifs is 1. The molecule has 2 aromatic carbocycles. The van der Waals surface area contributed by atoms with Crippen LogP contribution < -0.4 is 20.7 Å². The number of halogens is 2. The van der Waals surface area contributed by atoms with E-state index >= 15 is 0 Å². The first-order chi connectivity index (χ1) is 16.2. The van der Waals surface area contributed by atoms with Gasteiger partial charge in [-0.3, -0.25) is 4.79 Å². The van der Waals surface area contributed by atoms with Crippen molar-refractivity contribution in [2.75, 3.05) is 44.5 Å². The standard InChI is InChI=1S/C24H30Cl2N4O4/c1-14-11-27-15(2)13-34-21-8-6-16(9-18(21)23(31)30(3)12-22(14)33-4)28-24(32)29-17-5-7-19(25)20(26)10-17/h5-10,14-15,22,27H,11-13H2,1-4H3,(H2,28,29,32)/t14-,15-,22+/m1/s1. The molecule has 34 heavy (non-hydrogen) atoms. The fourth-order valence-corrected chi connectivity index (χ4v) is 3.90. The van der Waals surface area contributed by atoms with E-state index in [1.807, 2.05) is 6.92 Å². The van der Waals surface area contributed by atoms with Gasteiger partial charge in [0.25, 0.3) is 5.91 Å². The van der Waals surface area contributed by atoms with Gasteiger partial charge in [0.15, 0.2) is 0 Å². The molecule has 3 N–H and O–H groups in total. The highest BCUT2D eigenvalue weighted by Gasteiger charge is 2.25. The number of rotatable bonds is 3. The van der Waals surface area contributed by atoms with Crippen LogP contribution in [0, 0.1) is 5.92 Å².